The second-order valence-electron chi connectivity index (χ2n) is 7.71. The van der Waals surface area contributed by atoms with E-state index in [0.29, 0.717) is 12.5 Å². The van der Waals surface area contributed by atoms with Gasteiger partial charge in [0.1, 0.15) is 0 Å². The fourth-order valence-corrected chi connectivity index (χ4v) is 5.23. The Morgan fingerprint density at radius 3 is 2.72 bits per heavy atom. The number of amides is 1. The number of nitrogens with zero attached hydrogens (tertiary/aromatic N) is 1. The summed E-state index contributed by atoms with van der Waals surface area (Å²) in [5.41, 5.74) is 1.10. The number of hydrogen-bond donors (Lipinski definition) is 1. The van der Waals surface area contributed by atoms with E-state index in [1.807, 2.05) is 18.2 Å². The number of fused-ring (bicyclic) bond motifs is 2. The minimum Gasteiger partial charge on any atom is -0.379 e. The highest BCUT2D eigenvalue weighted by atomic mass is 35.5. The number of ether oxygens (including phenoxy) is 1. The third-order valence-corrected chi connectivity index (χ3v) is 6.64. The summed E-state index contributed by atoms with van der Waals surface area (Å²) in [5.74, 6) is 1.89. The highest BCUT2D eigenvalue weighted by Gasteiger charge is 2.43. The second-order valence-corrected chi connectivity index (χ2v) is 8.12. The molecular formula is C20H27ClN2O2. The van der Waals surface area contributed by atoms with E-state index in [1.54, 1.807) is 0 Å². The van der Waals surface area contributed by atoms with Crippen molar-refractivity contribution < 1.29 is 9.53 Å². The van der Waals surface area contributed by atoms with Crippen molar-refractivity contribution in [3.8, 4) is 0 Å². The third kappa shape index (κ3) is 3.71. The lowest BCUT2D eigenvalue weighted by Crippen LogP contribution is -2.45. The van der Waals surface area contributed by atoms with Crippen molar-refractivity contribution in [3.63, 3.8) is 0 Å². The molecule has 2 aliphatic carbocycles. The van der Waals surface area contributed by atoms with Crippen molar-refractivity contribution >= 4 is 17.5 Å². The Balaban J connectivity index is 1.44. The fraction of sp³-hybridized carbons (Fsp3) is 0.650. The molecule has 3 aliphatic rings. The van der Waals surface area contributed by atoms with E-state index in [4.69, 9.17) is 16.3 Å². The molecule has 1 aromatic rings. The average Bonchev–Trinajstić information content (AvgIpc) is 3.27. The summed E-state index contributed by atoms with van der Waals surface area (Å²) < 4.78 is 5.49. The van der Waals surface area contributed by atoms with Crippen LogP contribution < -0.4 is 5.32 Å². The summed E-state index contributed by atoms with van der Waals surface area (Å²) in [6.07, 6.45) is 4.91. The first-order chi connectivity index (χ1) is 12.2. The van der Waals surface area contributed by atoms with Gasteiger partial charge >= 0.3 is 0 Å². The zero-order chi connectivity index (χ0) is 17.2. The number of rotatable bonds is 5. The number of carbonyl (C=O) groups is 1. The second kappa shape index (κ2) is 7.65. The van der Waals surface area contributed by atoms with Gasteiger partial charge in [0.2, 0.25) is 5.91 Å². The molecule has 0 aromatic heterocycles. The summed E-state index contributed by atoms with van der Waals surface area (Å²) in [6, 6.07) is 8.09. The van der Waals surface area contributed by atoms with E-state index in [-0.39, 0.29) is 17.9 Å². The zero-order valence-corrected chi connectivity index (χ0v) is 15.4. The van der Waals surface area contributed by atoms with Gasteiger partial charge in [0.15, 0.2) is 0 Å². The molecule has 1 aromatic carbocycles. The van der Waals surface area contributed by atoms with Crippen molar-refractivity contribution in [2.24, 2.45) is 17.8 Å². The monoisotopic (exact) mass is 362 g/mol. The summed E-state index contributed by atoms with van der Waals surface area (Å²) in [5, 5.41) is 4.02. The van der Waals surface area contributed by atoms with Crippen LogP contribution >= 0.6 is 11.6 Å². The van der Waals surface area contributed by atoms with Crippen LogP contribution in [0.25, 0.3) is 0 Å². The van der Waals surface area contributed by atoms with Crippen molar-refractivity contribution in [2.45, 2.75) is 31.7 Å². The van der Waals surface area contributed by atoms with Crippen LogP contribution in [-0.4, -0.2) is 43.7 Å². The Morgan fingerprint density at radius 1 is 1.24 bits per heavy atom. The Hall–Kier alpha value is -1.10. The summed E-state index contributed by atoms with van der Waals surface area (Å²) in [7, 11) is 0. The lowest BCUT2D eigenvalue weighted by atomic mass is 9.88. The van der Waals surface area contributed by atoms with Crippen molar-refractivity contribution in [1.82, 2.24) is 10.2 Å². The number of carbonyl (C=O) groups excluding carboxylic acids is 1. The predicted molar refractivity (Wildman–Crippen MR) is 98.5 cm³/mol. The SMILES string of the molecule is O=C(NC[C@@H](c1ccccc1Cl)N1CCOCC1)[C@@H]1C[C@H]2CC[C@H]1C2. The number of benzene rings is 1. The maximum absolute atomic E-state index is 12.8. The first kappa shape index (κ1) is 17.3. The number of hydrogen-bond acceptors (Lipinski definition) is 3. The van der Waals surface area contributed by atoms with E-state index in [0.717, 1.165) is 49.2 Å². The molecule has 4 nitrogen and oxygen atoms in total. The summed E-state index contributed by atoms with van der Waals surface area (Å²) >= 11 is 6.46. The number of halogens is 1. The molecule has 136 valence electrons. The molecule has 0 unspecified atom stereocenters. The van der Waals surface area contributed by atoms with E-state index >= 15 is 0 Å². The van der Waals surface area contributed by atoms with Gasteiger partial charge < -0.3 is 10.1 Å². The molecule has 2 bridgehead atoms. The van der Waals surface area contributed by atoms with Gasteiger partial charge in [-0.2, -0.15) is 0 Å². The van der Waals surface area contributed by atoms with Crippen LogP contribution in [0.4, 0.5) is 0 Å². The van der Waals surface area contributed by atoms with Crippen LogP contribution in [0.1, 0.15) is 37.3 Å². The largest absolute Gasteiger partial charge is 0.379 e. The van der Waals surface area contributed by atoms with Gasteiger partial charge in [-0.25, -0.2) is 0 Å². The van der Waals surface area contributed by atoms with E-state index in [1.165, 1.54) is 19.3 Å². The van der Waals surface area contributed by atoms with Crippen LogP contribution in [0, 0.1) is 17.8 Å². The van der Waals surface area contributed by atoms with Crippen LogP contribution in [0.2, 0.25) is 5.02 Å². The van der Waals surface area contributed by atoms with E-state index in [9.17, 15) is 4.79 Å². The van der Waals surface area contributed by atoms with Crippen molar-refractivity contribution in [3.05, 3.63) is 34.9 Å². The first-order valence-corrected chi connectivity index (χ1v) is 9.94. The van der Waals surface area contributed by atoms with E-state index in [2.05, 4.69) is 16.3 Å². The summed E-state index contributed by atoms with van der Waals surface area (Å²) in [4.78, 5) is 15.1. The van der Waals surface area contributed by atoms with Crippen LogP contribution in [-0.2, 0) is 9.53 Å². The lowest BCUT2D eigenvalue weighted by molar-refractivity contribution is -0.126. The predicted octanol–water partition coefficient (Wildman–Crippen LogP) is 3.27. The topological polar surface area (TPSA) is 41.6 Å². The highest BCUT2D eigenvalue weighted by Crippen LogP contribution is 2.48. The molecule has 0 spiro atoms. The Labute approximate surface area is 154 Å². The van der Waals surface area contributed by atoms with Gasteiger partial charge in [-0.15, -0.1) is 0 Å². The van der Waals surface area contributed by atoms with Gasteiger partial charge in [-0.3, -0.25) is 9.69 Å². The molecule has 1 amide bonds. The van der Waals surface area contributed by atoms with Crippen LogP contribution in [0.5, 0.6) is 0 Å². The Kier molecular flexibility index (Phi) is 5.30. The molecule has 1 heterocycles. The van der Waals surface area contributed by atoms with Crippen LogP contribution in [0.3, 0.4) is 0 Å². The molecule has 1 saturated heterocycles. The molecule has 4 atom stereocenters. The number of morpholine rings is 1. The van der Waals surface area contributed by atoms with Crippen molar-refractivity contribution in [1.29, 1.82) is 0 Å². The van der Waals surface area contributed by atoms with Gasteiger partial charge in [-0.05, 0) is 42.7 Å². The van der Waals surface area contributed by atoms with Crippen LogP contribution in [0.15, 0.2) is 24.3 Å². The van der Waals surface area contributed by atoms with E-state index < -0.39 is 0 Å². The molecular weight excluding hydrogens is 336 g/mol. The Morgan fingerprint density at radius 2 is 2.04 bits per heavy atom. The minimum atomic E-state index is 0.111. The van der Waals surface area contributed by atoms with Gasteiger partial charge in [0.05, 0.1) is 19.3 Å². The van der Waals surface area contributed by atoms with Gasteiger partial charge in [-0.1, -0.05) is 36.2 Å². The maximum Gasteiger partial charge on any atom is 0.223 e. The number of nitrogens with one attached hydrogen (secondary N) is 1. The Bertz CT molecular complexity index is 617. The quantitative estimate of drug-likeness (QED) is 0.874. The molecule has 5 heteroatoms. The summed E-state index contributed by atoms with van der Waals surface area (Å²) in [6.45, 7) is 3.85. The zero-order valence-electron chi connectivity index (χ0n) is 14.6. The highest BCUT2D eigenvalue weighted by molar-refractivity contribution is 6.31. The van der Waals surface area contributed by atoms with Crippen molar-refractivity contribution in [2.75, 3.05) is 32.8 Å². The first-order valence-electron chi connectivity index (χ1n) is 9.56. The lowest BCUT2D eigenvalue weighted by Gasteiger charge is -2.35. The molecule has 1 N–H and O–H groups in total. The standard InChI is InChI=1S/C20H27ClN2O2/c21-18-4-2-1-3-16(18)19(23-7-9-25-10-8-23)13-22-20(24)17-12-14-5-6-15(17)11-14/h1-4,14-15,17,19H,5-13H2,(H,22,24)/t14-,15-,17+,19-/m0/s1. The fourth-order valence-electron chi connectivity index (χ4n) is 4.96. The normalized spacial score (nSPS) is 30.4. The van der Waals surface area contributed by atoms with Gasteiger partial charge in [0, 0.05) is 30.6 Å². The third-order valence-electron chi connectivity index (χ3n) is 6.30. The molecule has 0 radical (unpaired) electrons. The molecule has 2 saturated carbocycles. The molecule has 25 heavy (non-hydrogen) atoms. The average molecular weight is 363 g/mol. The maximum atomic E-state index is 12.8. The molecule has 3 fully saturated rings. The van der Waals surface area contributed by atoms with Gasteiger partial charge in [0.25, 0.3) is 0 Å². The minimum absolute atomic E-state index is 0.111. The molecule has 4 rings (SSSR count). The molecule has 1 aliphatic heterocycles. The smallest absolute Gasteiger partial charge is 0.223 e.